The minimum Gasteiger partial charge on any atom is -0.480 e. The van der Waals surface area contributed by atoms with E-state index in [0.29, 0.717) is 16.6 Å². The van der Waals surface area contributed by atoms with Crippen molar-refractivity contribution >= 4 is 46.8 Å². The van der Waals surface area contributed by atoms with Gasteiger partial charge < -0.3 is 9.41 Å². The molecule has 0 spiro atoms. The van der Waals surface area contributed by atoms with E-state index in [1.807, 2.05) is 29.2 Å². The molecule has 3 aromatic carbocycles. The van der Waals surface area contributed by atoms with Gasteiger partial charge in [0.1, 0.15) is 17.7 Å². The summed E-state index contributed by atoms with van der Waals surface area (Å²) < 4.78 is 29.4. The number of nitrogens with zero attached hydrogens (tertiary/aromatic N) is 2. The summed E-state index contributed by atoms with van der Waals surface area (Å²) in [5, 5.41) is 11.3. The first-order chi connectivity index (χ1) is 15.8. The molecule has 0 aromatic heterocycles. The van der Waals surface area contributed by atoms with Crippen molar-refractivity contribution in [1.82, 2.24) is 4.90 Å². The number of likely N-dealkylation sites (tertiary alicyclic amines) is 1. The largest absolute Gasteiger partial charge is 0.480 e. The van der Waals surface area contributed by atoms with Gasteiger partial charge in [-0.05, 0) is 47.5 Å². The molecule has 0 amide bonds. The summed E-state index contributed by atoms with van der Waals surface area (Å²) >= 11 is 13.4. The number of hydrogen-bond acceptors (Lipinski definition) is 4. The summed E-state index contributed by atoms with van der Waals surface area (Å²) in [5.41, 5.74) is 2.03. The third kappa shape index (κ3) is 4.96. The highest BCUT2D eigenvalue weighted by Crippen LogP contribution is 2.41. The minimum atomic E-state index is -1.02. The van der Waals surface area contributed by atoms with Crippen LogP contribution in [-0.2, 0) is 4.79 Å². The number of benzene rings is 3. The van der Waals surface area contributed by atoms with Crippen LogP contribution in [0.5, 0.6) is 0 Å². The first-order valence-corrected chi connectivity index (χ1v) is 12.0. The molecule has 33 heavy (non-hydrogen) atoms. The Kier molecular flexibility index (Phi) is 7.14. The van der Waals surface area contributed by atoms with Crippen molar-refractivity contribution in [2.45, 2.75) is 18.1 Å². The smallest absolute Gasteiger partial charge is 0.323 e. The molecule has 172 valence electrons. The molecule has 3 aromatic rings. The molecule has 0 aliphatic carbocycles. The lowest BCUT2D eigenvalue weighted by Crippen LogP contribution is -2.69. The zero-order chi connectivity index (χ0) is 23.7. The Hall–Kier alpha value is -2.32. The van der Waals surface area contributed by atoms with Crippen molar-refractivity contribution in [3.05, 3.63) is 99.5 Å². The van der Waals surface area contributed by atoms with Crippen LogP contribution in [0, 0.1) is 11.6 Å². The first-order valence-electron chi connectivity index (χ1n) is 10.1. The van der Waals surface area contributed by atoms with E-state index in [9.17, 15) is 18.7 Å². The van der Waals surface area contributed by atoms with E-state index in [0.717, 1.165) is 17.2 Å². The Morgan fingerprint density at radius 2 is 1.48 bits per heavy atom. The highest BCUT2D eigenvalue weighted by molar-refractivity contribution is 8.00. The van der Waals surface area contributed by atoms with Crippen LogP contribution in [0.3, 0.4) is 0 Å². The van der Waals surface area contributed by atoms with Gasteiger partial charge in [-0.15, -0.1) is 0 Å². The zero-order valence-electron chi connectivity index (χ0n) is 17.5. The summed E-state index contributed by atoms with van der Waals surface area (Å²) in [4.78, 5) is 14.3. The number of hydrogen-bond donors (Lipinski definition) is 1. The highest BCUT2D eigenvalue weighted by Gasteiger charge is 2.51. The van der Waals surface area contributed by atoms with E-state index < -0.39 is 29.7 Å². The molecule has 2 atom stereocenters. The van der Waals surface area contributed by atoms with E-state index in [4.69, 9.17) is 23.2 Å². The first kappa shape index (κ1) is 23.8. The maximum absolute atomic E-state index is 13.9. The van der Waals surface area contributed by atoms with E-state index >= 15 is 0 Å². The Labute approximate surface area is 204 Å². The normalized spacial score (nSPS) is 18.2. The number of rotatable bonds is 7. The fourth-order valence-corrected chi connectivity index (χ4v) is 5.27. The van der Waals surface area contributed by atoms with Gasteiger partial charge in [-0.2, -0.15) is 0 Å². The van der Waals surface area contributed by atoms with E-state index in [1.54, 1.807) is 34.8 Å². The van der Waals surface area contributed by atoms with Gasteiger partial charge in [0.15, 0.2) is 0 Å². The lowest BCUT2D eigenvalue weighted by molar-refractivity contribution is -0.150. The molecule has 1 N–H and O–H groups in total. The number of aliphatic carboxylic acids is 1. The van der Waals surface area contributed by atoms with Gasteiger partial charge in [-0.1, -0.05) is 59.4 Å². The van der Waals surface area contributed by atoms with Crippen molar-refractivity contribution in [3.63, 3.8) is 0 Å². The average molecular weight is 509 g/mol. The second kappa shape index (κ2) is 9.89. The molecule has 0 saturated carbocycles. The predicted molar refractivity (Wildman–Crippen MR) is 129 cm³/mol. The van der Waals surface area contributed by atoms with Crippen LogP contribution in [0.4, 0.5) is 14.5 Å². The van der Waals surface area contributed by atoms with Crippen LogP contribution in [0.15, 0.2) is 66.7 Å². The molecule has 9 heteroatoms. The molecule has 2 unspecified atom stereocenters. The van der Waals surface area contributed by atoms with Crippen LogP contribution in [0.2, 0.25) is 10.0 Å². The van der Waals surface area contributed by atoms with E-state index in [2.05, 4.69) is 0 Å². The second-order valence-electron chi connectivity index (χ2n) is 7.69. The van der Waals surface area contributed by atoms with Gasteiger partial charge in [0.2, 0.25) is 0 Å². The second-order valence-corrected chi connectivity index (χ2v) is 9.32. The SMILES string of the molecule is CSN(c1cc(F)cc(F)c1)C1CN(C(c2ccc(Cl)cc2)c2ccc(Cl)cc2)C1C(=O)O. The van der Waals surface area contributed by atoms with Crippen molar-refractivity contribution in [3.8, 4) is 0 Å². The molecule has 0 radical (unpaired) electrons. The maximum atomic E-state index is 13.9. The zero-order valence-corrected chi connectivity index (χ0v) is 19.8. The van der Waals surface area contributed by atoms with Crippen molar-refractivity contribution in [2.75, 3.05) is 17.1 Å². The Morgan fingerprint density at radius 1 is 1.00 bits per heavy atom. The van der Waals surface area contributed by atoms with Crippen LogP contribution < -0.4 is 4.31 Å². The van der Waals surface area contributed by atoms with E-state index in [1.165, 1.54) is 24.1 Å². The van der Waals surface area contributed by atoms with Gasteiger partial charge in [-0.3, -0.25) is 9.69 Å². The minimum absolute atomic E-state index is 0.283. The predicted octanol–water partition coefficient (Wildman–Crippen LogP) is 6.28. The molecule has 1 fully saturated rings. The standard InChI is InChI=1S/C24H20Cl2F2N2O2S/c1-33-30(20-11-18(27)10-19(28)12-20)21-13-29(23(21)24(31)32)22(14-2-6-16(25)7-3-14)15-4-8-17(26)9-5-15/h2-12,21-23H,13H2,1H3,(H,31,32). The summed E-state index contributed by atoms with van der Waals surface area (Å²) in [6, 6.07) is 15.9. The molecular weight excluding hydrogens is 489 g/mol. The lowest BCUT2D eigenvalue weighted by atomic mass is 9.87. The van der Waals surface area contributed by atoms with E-state index in [-0.39, 0.29) is 11.7 Å². The fourth-order valence-electron chi connectivity index (χ4n) is 4.25. The molecular formula is C24H20Cl2F2N2O2S. The van der Waals surface area contributed by atoms with Crippen LogP contribution in [0.1, 0.15) is 17.2 Å². The van der Waals surface area contributed by atoms with Gasteiger partial charge in [0, 0.05) is 28.9 Å². The summed E-state index contributed by atoms with van der Waals surface area (Å²) in [6.45, 7) is 0.367. The van der Waals surface area contributed by atoms with Crippen molar-refractivity contribution in [2.24, 2.45) is 0 Å². The van der Waals surface area contributed by atoms with Gasteiger partial charge in [0.25, 0.3) is 0 Å². The van der Waals surface area contributed by atoms with Crippen molar-refractivity contribution < 1.29 is 18.7 Å². The Bertz CT molecular complexity index is 1080. The topological polar surface area (TPSA) is 43.8 Å². The van der Waals surface area contributed by atoms with Gasteiger partial charge in [-0.25, -0.2) is 8.78 Å². The van der Waals surface area contributed by atoms with Crippen LogP contribution in [-0.4, -0.2) is 40.9 Å². The Balaban J connectivity index is 1.71. The average Bonchev–Trinajstić information content (AvgIpc) is 2.74. The van der Waals surface area contributed by atoms with Gasteiger partial charge in [0.05, 0.1) is 17.8 Å². The Morgan fingerprint density at radius 3 is 1.91 bits per heavy atom. The third-order valence-corrected chi connectivity index (χ3v) is 7.05. The highest BCUT2D eigenvalue weighted by atomic mass is 35.5. The molecule has 1 saturated heterocycles. The number of anilines is 1. The summed E-state index contributed by atoms with van der Waals surface area (Å²) in [7, 11) is 0. The van der Waals surface area contributed by atoms with Crippen LogP contribution >= 0.6 is 35.1 Å². The van der Waals surface area contributed by atoms with Crippen molar-refractivity contribution in [1.29, 1.82) is 0 Å². The summed E-state index contributed by atoms with van der Waals surface area (Å²) in [6.07, 6.45) is 1.75. The fraction of sp³-hybridized carbons (Fsp3) is 0.208. The third-order valence-electron chi connectivity index (χ3n) is 5.68. The number of carboxylic acids is 1. The number of halogens is 4. The van der Waals surface area contributed by atoms with Gasteiger partial charge >= 0.3 is 5.97 Å². The monoisotopic (exact) mass is 508 g/mol. The number of carbonyl (C=O) groups is 1. The van der Waals surface area contributed by atoms with Crippen LogP contribution in [0.25, 0.3) is 0 Å². The molecule has 4 rings (SSSR count). The molecule has 0 bridgehead atoms. The lowest BCUT2D eigenvalue weighted by Gasteiger charge is -2.53. The molecule has 1 aliphatic heterocycles. The molecule has 1 heterocycles. The quantitative estimate of drug-likeness (QED) is 0.380. The maximum Gasteiger partial charge on any atom is 0.323 e. The molecule has 4 nitrogen and oxygen atoms in total. The summed E-state index contributed by atoms with van der Waals surface area (Å²) in [5.74, 6) is -2.45. The molecule has 1 aliphatic rings. The number of carboxylic acid groups (broad SMARTS) is 1.